The Morgan fingerprint density at radius 3 is 1.90 bits per heavy atom. The van der Waals surface area contributed by atoms with E-state index in [0.29, 0.717) is 0 Å². The monoisotopic (exact) mass is 446 g/mol. The molecule has 1 aromatic rings. The molecule has 0 radical (unpaired) electrons. The Bertz CT molecular complexity index is 1210. The van der Waals surface area contributed by atoms with Crippen LogP contribution in [0.1, 0.15) is 6.42 Å². The van der Waals surface area contributed by atoms with E-state index in [9.17, 15) is 23.7 Å². The molecule has 0 unspecified atom stereocenters. The Balaban J connectivity index is 3.57. The Kier molecular flexibility index (Phi) is 9.45. The van der Waals surface area contributed by atoms with Gasteiger partial charge in [-0.15, -0.1) is 0 Å². The molecular formula is C18H14N4O8S. The second-order valence-electron chi connectivity index (χ2n) is 5.26. The van der Waals surface area contributed by atoms with Crippen molar-refractivity contribution < 1.29 is 36.2 Å². The highest BCUT2D eigenvalue weighted by atomic mass is 32.3. The van der Waals surface area contributed by atoms with Gasteiger partial charge in [-0.25, -0.2) is 24.4 Å². The van der Waals surface area contributed by atoms with Crippen molar-refractivity contribution in [1.82, 2.24) is 0 Å². The van der Waals surface area contributed by atoms with Gasteiger partial charge in [0, 0.05) is 10.4 Å². The van der Waals surface area contributed by atoms with Crippen LogP contribution in [0.3, 0.4) is 0 Å². The number of rotatable bonds is 9. The largest absolute Gasteiger partial charge is 0.494 e. The van der Waals surface area contributed by atoms with Gasteiger partial charge in [-0.2, -0.15) is 8.42 Å². The molecule has 0 heterocycles. The van der Waals surface area contributed by atoms with Crippen LogP contribution in [0.4, 0.5) is 0 Å². The molecule has 1 aromatic carbocycles. The summed E-state index contributed by atoms with van der Waals surface area (Å²) in [7, 11) is -3.51. The summed E-state index contributed by atoms with van der Waals surface area (Å²) in [5.74, 6) is -0.775. The molecule has 0 saturated heterocycles. The minimum atomic E-state index is -4.70. The molecule has 1 N–H and O–H groups in total. The summed E-state index contributed by atoms with van der Waals surface area (Å²) >= 11 is 0. The van der Waals surface area contributed by atoms with E-state index >= 15 is 0 Å². The summed E-state index contributed by atoms with van der Waals surface area (Å²) < 4.78 is 49.2. The lowest BCUT2D eigenvalue weighted by atomic mass is 10.1. The third kappa shape index (κ3) is 7.65. The van der Waals surface area contributed by atoms with Crippen LogP contribution in [0, 0.1) is 35.8 Å². The minimum absolute atomic E-state index is 0.0425. The lowest BCUT2D eigenvalue weighted by Gasteiger charge is -2.12. The summed E-state index contributed by atoms with van der Waals surface area (Å²) in [5.41, 5.74) is -0.823. The van der Waals surface area contributed by atoms with E-state index in [0.717, 1.165) is 6.07 Å². The van der Waals surface area contributed by atoms with Crippen molar-refractivity contribution in [2.24, 2.45) is 0 Å². The maximum atomic E-state index is 11.3. The first kappa shape index (κ1) is 24.9. The minimum Gasteiger partial charge on any atom is -0.494 e. The van der Waals surface area contributed by atoms with Gasteiger partial charge >= 0.3 is 16.4 Å². The summed E-state index contributed by atoms with van der Waals surface area (Å²) in [6, 6.07) is 5.69. The van der Waals surface area contributed by atoms with Crippen LogP contribution in [-0.4, -0.2) is 45.9 Å². The maximum absolute atomic E-state index is 11.3. The predicted octanol–water partition coefficient (Wildman–Crippen LogP) is -0.0712. The number of hydrogen-bond acceptors (Lipinski definition) is 9. The zero-order valence-electron chi connectivity index (χ0n) is 16.0. The SMILES string of the molecule is [C-]#[N+]C(C#N)=c1cc(OCCC(=O)OC)c(=C(C#N)[N+]#[C-])cc1OCCOS(=O)(=O)O. The van der Waals surface area contributed by atoms with Gasteiger partial charge in [0.15, 0.2) is 0 Å². The smallest absolute Gasteiger partial charge is 0.397 e. The first-order valence-corrected chi connectivity index (χ1v) is 9.49. The molecule has 0 aromatic heterocycles. The normalized spacial score (nSPS) is 12.2. The van der Waals surface area contributed by atoms with Gasteiger partial charge < -0.3 is 14.2 Å². The average Bonchev–Trinajstić information content (AvgIpc) is 2.73. The summed E-state index contributed by atoms with van der Waals surface area (Å²) in [4.78, 5) is 17.5. The number of methoxy groups -OCH3 is 1. The fourth-order valence-corrected chi connectivity index (χ4v) is 2.38. The Hall–Kier alpha value is -4.14. The van der Waals surface area contributed by atoms with Crippen LogP contribution in [-0.2, 0) is 24.1 Å². The van der Waals surface area contributed by atoms with Crippen LogP contribution >= 0.6 is 0 Å². The van der Waals surface area contributed by atoms with E-state index in [2.05, 4.69) is 18.6 Å². The van der Waals surface area contributed by atoms with E-state index in [1.807, 2.05) is 0 Å². The zero-order chi connectivity index (χ0) is 23.4. The lowest BCUT2D eigenvalue weighted by molar-refractivity contribution is -0.141. The number of ether oxygens (including phenoxy) is 3. The van der Waals surface area contributed by atoms with Crippen LogP contribution in [0.2, 0.25) is 0 Å². The zero-order valence-corrected chi connectivity index (χ0v) is 16.8. The summed E-state index contributed by atoms with van der Waals surface area (Å²) in [6.07, 6.45) is -0.145. The first-order valence-electron chi connectivity index (χ1n) is 8.12. The molecule has 13 heteroatoms. The van der Waals surface area contributed by atoms with E-state index in [-0.39, 0.29) is 35.0 Å². The second-order valence-corrected chi connectivity index (χ2v) is 6.35. The molecule has 0 spiro atoms. The van der Waals surface area contributed by atoms with Gasteiger partial charge in [-0.3, -0.25) is 9.35 Å². The van der Waals surface area contributed by atoms with Gasteiger partial charge in [0.2, 0.25) is 0 Å². The molecule has 1 rings (SSSR count). The number of nitriles is 2. The Morgan fingerprint density at radius 1 is 1.03 bits per heavy atom. The predicted molar refractivity (Wildman–Crippen MR) is 102 cm³/mol. The van der Waals surface area contributed by atoms with Crippen molar-refractivity contribution in [2.75, 3.05) is 26.9 Å². The first-order chi connectivity index (χ1) is 14.7. The molecule has 0 aliphatic rings. The number of carbonyl (C=O) groups is 1. The molecule has 160 valence electrons. The van der Waals surface area contributed by atoms with E-state index in [1.54, 1.807) is 12.1 Å². The highest BCUT2D eigenvalue weighted by Crippen LogP contribution is 2.13. The molecule has 31 heavy (non-hydrogen) atoms. The van der Waals surface area contributed by atoms with Gasteiger partial charge in [0.05, 0.1) is 45.4 Å². The van der Waals surface area contributed by atoms with E-state index < -0.39 is 41.0 Å². The number of hydrogen-bond donors (Lipinski definition) is 1. The van der Waals surface area contributed by atoms with Crippen LogP contribution in [0.25, 0.3) is 21.1 Å². The maximum Gasteiger partial charge on any atom is 0.397 e. The molecule has 0 saturated carbocycles. The van der Waals surface area contributed by atoms with Gasteiger partial charge in [-0.1, -0.05) is 0 Å². The molecule has 0 amide bonds. The van der Waals surface area contributed by atoms with Crippen molar-refractivity contribution >= 4 is 27.8 Å². The molecular weight excluding hydrogens is 432 g/mol. The number of nitrogens with zero attached hydrogens (tertiary/aromatic N) is 4. The lowest BCUT2D eigenvalue weighted by Crippen LogP contribution is -2.22. The summed E-state index contributed by atoms with van der Waals surface area (Å²) in [6.45, 7) is 13.1. The number of esters is 1. The highest BCUT2D eigenvalue weighted by Gasteiger charge is 2.13. The molecule has 0 aliphatic heterocycles. The van der Waals surface area contributed by atoms with Crippen LogP contribution < -0.4 is 19.9 Å². The molecule has 0 aliphatic carbocycles. The van der Waals surface area contributed by atoms with Crippen molar-refractivity contribution in [2.45, 2.75) is 6.42 Å². The topological polar surface area (TPSA) is 165 Å². The van der Waals surface area contributed by atoms with E-state index in [1.165, 1.54) is 13.2 Å². The standard InChI is InChI=1S/C18H14N4O8S/c1-21-14(10-19)12-9-17(29-6-7-30-31(24,25)26)13(15(11-20)22-2)8-16(12)28-5-4-18(23)27-3/h8-9H,4-7H2,3H3,(H,24,25,26). The highest BCUT2D eigenvalue weighted by molar-refractivity contribution is 7.80. The molecule has 12 nitrogen and oxygen atoms in total. The quantitative estimate of drug-likeness (QED) is 0.235. The van der Waals surface area contributed by atoms with Crippen molar-refractivity contribution in [3.05, 3.63) is 45.4 Å². The fourth-order valence-electron chi connectivity index (χ4n) is 2.10. The molecule has 0 fully saturated rings. The van der Waals surface area contributed by atoms with E-state index in [4.69, 9.17) is 27.2 Å². The Morgan fingerprint density at radius 2 is 1.52 bits per heavy atom. The van der Waals surface area contributed by atoms with Crippen LogP contribution in [0.5, 0.6) is 11.5 Å². The third-order valence-electron chi connectivity index (χ3n) is 3.39. The van der Waals surface area contributed by atoms with Gasteiger partial charge in [0.1, 0.15) is 24.7 Å². The van der Waals surface area contributed by atoms with Crippen molar-refractivity contribution in [1.29, 1.82) is 10.5 Å². The Labute approximate surface area is 177 Å². The van der Waals surface area contributed by atoms with Crippen molar-refractivity contribution in [3.8, 4) is 23.6 Å². The molecule has 0 bridgehead atoms. The second kappa shape index (κ2) is 11.8. The van der Waals surface area contributed by atoms with Gasteiger partial charge in [0.25, 0.3) is 11.4 Å². The number of carbonyl (C=O) groups excluding carboxylic acids is 1. The fraction of sp³-hybridized carbons (Fsp3) is 0.278. The average molecular weight is 446 g/mol. The third-order valence-corrected chi connectivity index (χ3v) is 3.86. The number of benzene rings is 1. The van der Waals surface area contributed by atoms with Crippen molar-refractivity contribution in [3.63, 3.8) is 0 Å². The summed E-state index contributed by atoms with van der Waals surface area (Å²) in [5, 5.41) is 18.3. The molecule has 0 atom stereocenters. The van der Waals surface area contributed by atoms with Crippen LogP contribution in [0.15, 0.2) is 12.1 Å². The van der Waals surface area contributed by atoms with Gasteiger partial charge in [-0.05, 0) is 12.1 Å².